The van der Waals surface area contributed by atoms with E-state index in [0.29, 0.717) is 11.7 Å². The Kier molecular flexibility index (Phi) is 2.34. The molecule has 2 heterocycles. The Morgan fingerprint density at radius 1 is 1.53 bits per heavy atom. The zero-order valence-corrected chi connectivity index (χ0v) is 9.32. The minimum absolute atomic E-state index is 0.0426. The molecule has 0 aliphatic carbocycles. The first-order valence-electron chi connectivity index (χ1n) is 5.16. The fourth-order valence-electron chi connectivity index (χ4n) is 1.40. The van der Waals surface area contributed by atoms with Gasteiger partial charge < -0.3 is 5.32 Å². The molecule has 0 atom stereocenters. The summed E-state index contributed by atoms with van der Waals surface area (Å²) in [5.41, 5.74) is 0.0769. The first-order valence-corrected chi connectivity index (χ1v) is 5.16. The van der Waals surface area contributed by atoms with E-state index in [2.05, 4.69) is 15.6 Å². The lowest BCUT2D eigenvalue weighted by molar-refractivity contribution is 0.0852. The third kappa shape index (κ3) is 1.92. The van der Waals surface area contributed by atoms with Gasteiger partial charge in [-0.05, 0) is 0 Å². The molecule has 5 nitrogen and oxygen atoms in total. The number of nitrogens with one attached hydrogen (secondary N) is 1. The largest absolute Gasteiger partial charge is 0.312 e. The summed E-state index contributed by atoms with van der Waals surface area (Å²) in [5, 5.41) is 11.1. The van der Waals surface area contributed by atoms with Gasteiger partial charge in [-0.25, -0.2) is 4.68 Å². The van der Waals surface area contributed by atoms with Crippen LogP contribution < -0.4 is 5.32 Å². The van der Waals surface area contributed by atoms with Crippen LogP contribution in [-0.2, 0) is 0 Å². The quantitative estimate of drug-likeness (QED) is 0.725. The van der Waals surface area contributed by atoms with E-state index in [1.54, 1.807) is 10.9 Å². The maximum absolute atomic E-state index is 11.9. The van der Waals surface area contributed by atoms with Crippen LogP contribution in [0.1, 0.15) is 37.3 Å². The van der Waals surface area contributed by atoms with Crippen molar-refractivity contribution in [2.24, 2.45) is 5.41 Å². The van der Waals surface area contributed by atoms with Crippen molar-refractivity contribution in [1.29, 1.82) is 0 Å². The van der Waals surface area contributed by atoms with Gasteiger partial charge in [0, 0.05) is 18.5 Å². The van der Waals surface area contributed by atoms with E-state index in [-0.39, 0.29) is 5.78 Å². The van der Waals surface area contributed by atoms with Crippen LogP contribution in [-0.4, -0.2) is 33.9 Å². The van der Waals surface area contributed by atoms with Crippen molar-refractivity contribution in [3.63, 3.8) is 0 Å². The van der Waals surface area contributed by atoms with Gasteiger partial charge in [-0.1, -0.05) is 26.0 Å². The Hall–Kier alpha value is -1.23. The Morgan fingerprint density at radius 3 is 2.67 bits per heavy atom. The molecule has 15 heavy (non-hydrogen) atoms. The normalized spacial score (nSPS) is 17.5. The van der Waals surface area contributed by atoms with E-state index in [9.17, 15) is 4.79 Å². The summed E-state index contributed by atoms with van der Waals surface area (Å²) in [6.45, 7) is 7.48. The van der Waals surface area contributed by atoms with E-state index < -0.39 is 5.41 Å². The molecule has 1 aromatic rings. The number of carbonyl (C=O) groups excluding carboxylic acids is 1. The number of aromatic nitrogens is 3. The lowest BCUT2D eigenvalue weighted by Gasteiger charge is -2.26. The van der Waals surface area contributed by atoms with Gasteiger partial charge in [0.15, 0.2) is 5.78 Å². The molecule has 0 spiro atoms. The number of hydrogen-bond donors (Lipinski definition) is 1. The van der Waals surface area contributed by atoms with E-state index in [0.717, 1.165) is 13.1 Å². The van der Waals surface area contributed by atoms with Gasteiger partial charge in [-0.2, -0.15) is 0 Å². The fraction of sp³-hybridized carbons (Fsp3) is 0.700. The van der Waals surface area contributed by atoms with Crippen LogP contribution in [0.25, 0.3) is 0 Å². The molecule has 5 heteroatoms. The summed E-state index contributed by atoms with van der Waals surface area (Å²) in [6.07, 6.45) is 1.75. The minimum atomic E-state index is -0.390. The van der Waals surface area contributed by atoms with Crippen LogP contribution in [0.2, 0.25) is 0 Å². The molecule has 0 radical (unpaired) electrons. The molecule has 2 rings (SSSR count). The van der Waals surface area contributed by atoms with E-state index in [4.69, 9.17) is 0 Å². The van der Waals surface area contributed by atoms with Gasteiger partial charge in [0.2, 0.25) is 0 Å². The first kappa shape index (κ1) is 10.3. The lowest BCUT2D eigenvalue weighted by Crippen LogP contribution is -2.43. The fourth-order valence-corrected chi connectivity index (χ4v) is 1.40. The van der Waals surface area contributed by atoms with Crippen molar-refractivity contribution in [3.8, 4) is 0 Å². The Balaban J connectivity index is 2.16. The smallest absolute Gasteiger partial charge is 0.190 e. The third-order valence-electron chi connectivity index (χ3n) is 2.56. The topological polar surface area (TPSA) is 59.8 Å². The summed E-state index contributed by atoms with van der Waals surface area (Å²) in [4.78, 5) is 11.9. The highest BCUT2D eigenvalue weighted by Crippen LogP contribution is 2.20. The number of carbonyl (C=O) groups is 1. The summed E-state index contributed by atoms with van der Waals surface area (Å²) in [6, 6.07) is 0.360. The summed E-state index contributed by atoms with van der Waals surface area (Å²) < 4.78 is 1.77. The Morgan fingerprint density at radius 2 is 2.20 bits per heavy atom. The number of hydrogen-bond acceptors (Lipinski definition) is 4. The van der Waals surface area contributed by atoms with Crippen molar-refractivity contribution in [1.82, 2.24) is 20.3 Å². The van der Waals surface area contributed by atoms with E-state index in [1.165, 1.54) is 0 Å². The minimum Gasteiger partial charge on any atom is -0.312 e. The highest BCUT2D eigenvalue weighted by atomic mass is 16.1. The average molecular weight is 208 g/mol. The molecule has 82 valence electrons. The van der Waals surface area contributed by atoms with Gasteiger partial charge >= 0.3 is 0 Å². The van der Waals surface area contributed by atoms with E-state index >= 15 is 0 Å². The number of rotatable bonds is 2. The molecule has 1 aliphatic rings. The third-order valence-corrected chi connectivity index (χ3v) is 2.56. The standard InChI is InChI=1S/C10H16N4O/c1-10(2,3)9(15)8-6-14(13-12-8)7-4-11-5-7/h6-7,11H,4-5H2,1-3H3. The van der Waals surface area contributed by atoms with Crippen LogP contribution in [0.4, 0.5) is 0 Å². The van der Waals surface area contributed by atoms with Crippen molar-refractivity contribution in [2.75, 3.05) is 13.1 Å². The molecular formula is C10H16N4O. The number of ketones is 1. The molecular weight excluding hydrogens is 192 g/mol. The Bertz CT molecular complexity index is 373. The summed E-state index contributed by atoms with van der Waals surface area (Å²) in [5.74, 6) is 0.0426. The molecule has 1 saturated heterocycles. The molecule has 1 aliphatic heterocycles. The van der Waals surface area contributed by atoms with Gasteiger partial charge in [-0.15, -0.1) is 5.10 Å². The summed E-state index contributed by atoms with van der Waals surface area (Å²) in [7, 11) is 0. The second kappa shape index (κ2) is 3.41. The predicted octanol–water partition coefficient (Wildman–Crippen LogP) is 0.651. The lowest BCUT2D eigenvalue weighted by atomic mass is 9.89. The van der Waals surface area contributed by atoms with Crippen LogP contribution in [0.3, 0.4) is 0 Å². The van der Waals surface area contributed by atoms with Gasteiger partial charge in [-0.3, -0.25) is 4.79 Å². The maximum Gasteiger partial charge on any atom is 0.190 e. The van der Waals surface area contributed by atoms with Crippen LogP contribution in [0, 0.1) is 5.41 Å². The Labute approximate surface area is 88.9 Å². The zero-order chi connectivity index (χ0) is 11.1. The molecule has 1 N–H and O–H groups in total. The van der Waals surface area contributed by atoms with Gasteiger partial charge in [0.25, 0.3) is 0 Å². The van der Waals surface area contributed by atoms with Crippen LogP contribution in [0.15, 0.2) is 6.20 Å². The molecule has 0 saturated carbocycles. The average Bonchev–Trinajstić information content (AvgIpc) is 2.47. The molecule has 0 amide bonds. The number of nitrogens with zero attached hydrogens (tertiary/aromatic N) is 3. The van der Waals surface area contributed by atoms with Crippen molar-refractivity contribution in [3.05, 3.63) is 11.9 Å². The highest BCUT2D eigenvalue weighted by molar-refractivity contribution is 5.97. The molecule has 1 fully saturated rings. The van der Waals surface area contributed by atoms with Crippen molar-refractivity contribution in [2.45, 2.75) is 26.8 Å². The van der Waals surface area contributed by atoms with Crippen LogP contribution in [0.5, 0.6) is 0 Å². The van der Waals surface area contributed by atoms with Crippen LogP contribution >= 0.6 is 0 Å². The highest BCUT2D eigenvalue weighted by Gasteiger charge is 2.27. The molecule has 1 aromatic heterocycles. The second-order valence-corrected chi connectivity index (χ2v) is 4.97. The summed E-state index contributed by atoms with van der Waals surface area (Å²) >= 11 is 0. The number of Topliss-reactive ketones (excluding diaryl/α,β-unsaturated/α-hetero) is 1. The molecule has 0 aromatic carbocycles. The van der Waals surface area contributed by atoms with Gasteiger partial charge in [0.1, 0.15) is 5.69 Å². The van der Waals surface area contributed by atoms with E-state index in [1.807, 2.05) is 20.8 Å². The molecule has 0 unspecified atom stereocenters. The molecule has 0 bridgehead atoms. The maximum atomic E-state index is 11.9. The predicted molar refractivity (Wildman–Crippen MR) is 55.7 cm³/mol. The first-order chi connectivity index (χ1) is 6.98. The second-order valence-electron chi connectivity index (χ2n) is 4.97. The van der Waals surface area contributed by atoms with Gasteiger partial charge in [0.05, 0.1) is 12.2 Å². The monoisotopic (exact) mass is 208 g/mol. The van der Waals surface area contributed by atoms with Crippen molar-refractivity contribution >= 4 is 5.78 Å². The SMILES string of the molecule is CC(C)(C)C(=O)c1cn(C2CNC2)nn1. The zero-order valence-electron chi connectivity index (χ0n) is 9.32. The van der Waals surface area contributed by atoms with Crippen molar-refractivity contribution < 1.29 is 4.79 Å².